The van der Waals surface area contributed by atoms with Crippen molar-refractivity contribution in [1.29, 1.82) is 0 Å². The molecule has 1 aliphatic rings. The lowest BCUT2D eigenvalue weighted by atomic mass is 10.1. The minimum Gasteiger partial charge on any atom is -0.336 e. The Morgan fingerprint density at radius 3 is 2.08 bits per heavy atom. The molecule has 0 unspecified atom stereocenters. The van der Waals surface area contributed by atoms with E-state index in [9.17, 15) is 9.59 Å². The van der Waals surface area contributed by atoms with E-state index in [1.165, 1.54) is 5.56 Å². The van der Waals surface area contributed by atoms with Gasteiger partial charge in [0.2, 0.25) is 5.91 Å². The zero-order chi connectivity index (χ0) is 17.6. The molecule has 0 bridgehead atoms. The molecular formula is C21H22N2O2. The van der Waals surface area contributed by atoms with E-state index in [2.05, 4.69) is 0 Å². The molecule has 1 heterocycles. The third-order valence-electron chi connectivity index (χ3n) is 4.40. The van der Waals surface area contributed by atoms with Gasteiger partial charge >= 0.3 is 0 Å². The van der Waals surface area contributed by atoms with Gasteiger partial charge < -0.3 is 9.80 Å². The first kappa shape index (κ1) is 17.0. The topological polar surface area (TPSA) is 40.6 Å². The predicted molar refractivity (Wildman–Crippen MR) is 99.1 cm³/mol. The monoisotopic (exact) mass is 334 g/mol. The van der Waals surface area contributed by atoms with E-state index in [-0.39, 0.29) is 11.8 Å². The van der Waals surface area contributed by atoms with Crippen LogP contribution >= 0.6 is 0 Å². The van der Waals surface area contributed by atoms with Crippen LogP contribution in [-0.4, -0.2) is 47.8 Å². The number of nitrogens with zero attached hydrogens (tertiary/aromatic N) is 2. The Hall–Kier alpha value is -2.88. The van der Waals surface area contributed by atoms with Crippen molar-refractivity contribution >= 4 is 17.9 Å². The lowest BCUT2D eigenvalue weighted by molar-refractivity contribution is -0.127. The Morgan fingerprint density at radius 1 is 0.840 bits per heavy atom. The van der Waals surface area contributed by atoms with Gasteiger partial charge in [0.1, 0.15) is 0 Å². The van der Waals surface area contributed by atoms with Gasteiger partial charge in [-0.2, -0.15) is 0 Å². The average Bonchev–Trinajstić information content (AvgIpc) is 2.67. The minimum atomic E-state index is -0.00705. The number of hydrogen-bond acceptors (Lipinski definition) is 2. The van der Waals surface area contributed by atoms with Gasteiger partial charge in [-0.15, -0.1) is 0 Å². The van der Waals surface area contributed by atoms with Crippen molar-refractivity contribution in [2.24, 2.45) is 0 Å². The Labute approximate surface area is 148 Å². The quantitative estimate of drug-likeness (QED) is 0.810. The maximum atomic E-state index is 12.4. The highest BCUT2D eigenvalue weighted by Gasteiger charge is 2.23. The second kappa shape index (κ2) is 7.79. The first-order valence-electron chi connectivity index (χ1n) is 8.51. The summed E-state index contributed by atoms with van der Waals surface area (Å²) in [5.74, 6) is 0.0234. The number of carbonyl (C=O) groups is 2. The van der Waals surface area contributed by atoms with Crippen molar-refractivity contribution in [3.05, 3.63) is 77.4 Å². The molecule has 1 fully saturated rings. The number of benzene rings is 2. The lowest BCUT2D eigenvalue weighted by Crippen LogP contribution is -2.50. The van der Waals surface area contributed by atoms with Crippen molar-refractivity contribution in [2.45, 2.75) is 6.92 Å². The van der Waals surface area contributed by atoms with E-state index < -0.39 is 0 Å². The predicted octanol–water partition coefficient (Wildman–Crippen LogP) is 2.99. The van der Waals surface area contributed by atoms with Crippen LogP contribution in [0.25, 0.3) is 6.08 Å². The van der Waals surface area contributed by atoms with Crippen molar-refractivity contribution in [1.82, 2.24) is 9.80 Å². The molecule has 2 aromatic carbocycles. The number of piperazine rings is 1. The summed E-state index contributed by atoms with van der Waals surface area (Å²) in [6.07, 6.45) is 3.45. The van der Waals surface area contributed by atoms with Crippen LogP contribution < -0.4 is 0 Å². The van der Waals surface area contributed by atoms with Crippen LogP contribution in [0.3, 0.4) is 0 Å². The van der Waals surface area contributed by atoms with Gasteiger partial charge in [-0.25, -0.2) is 0 Å². The third kappa shape index (κ3) is 4.35. The molecule has 128 valence electrons. The van der Waals surface area contributed by atoms with Crippen LogP contribution in [0.15, 0.2) is 60.7 Å². The molecule has 2 aromatic rings. The molecule has 0 aliphatic carbocycles. The zero-order valence-corrected chi connectivity index (χ0v) is 14.4. The average molecular weight is 334 g/mol. The Balaban J connectivity index is 1.54. The van der Waals surface area contributed by atoms with Gasteiger partial charge in [-0.05, 0) is 30.7 Å². The minimum absolute atomic E-state index is 0.00705. The molecule has 4 heteroatoms. The molecule has 0 aromatic heterocycles. The molecular weight excluding hydrogens is 312 g/mol. The molecule has 0 atom stereocenters. The van der Waals surface area contributed by atoms with E-state index in [0.29, 0.717) is 31.7 Å². The summed E-state index contributed by atoms with van der Waals surface area (Å²) in [6, 6.07) is 17.3. The second-order valence-corrected chi connectivity index (χ2v) is 6.23. The normalized spacial score (nSPS) is 14.8. The molecule has 0 N–H and O–H groups in total. The van der Waals surface area contributed by atoms with Crippen LogP contribution in [0.5, 0.6) is 0 Å². The molecule has 3 rings (SSSR count). The summed E-state index contributed by atoms with van der Waals surface area (Å²) < 4.78 is 0. The highest BCUT2D eigenvalue weighted by atomic mass is 16.2. The first-order chi connectivity index (χ1) is 12.1. The molecule has 25 heavy (non-hydrogen) atoms. The fourth-order valence-electron chi connectivity index (χ4n) is 2.84. The van der Waals surface area contributed by atoms with E-state index in [1.807, 2.05) is 72.5 Å². The van der Waals surface area contributed by atoms with Crippen LogP contribution in [0.4, 0.5) is 0 Å². The molecule has 0 saturated carbocycles. The number of hydrogen-bond donors (Lipinski definition) is 0. The van der Waals surface area contributed by atoms with Gasteiger partial charge in [-0.3, -0.25) is 9.59 Å². The largest absolute Gasteiger partial charge is 0.336 e. The summed E-state index contributed by atoms with van der Waals surface area (Å²) in [7, 11) is 0. The summed E-state index contributed by atoms with van der Waals surface area (Å²) in [5.41, 5.74) is 2.90. The molecule has 0 radical (unpaired) electrons. The fourth-order valence-corrected chi connectivity index (χ4v) is 2.84. The van der Waals surface area contributed by atoms with Crippen LogP contribution in [0, 0.1) is 6.92 Å². The van der Waals surface area contributed by atoms with E-state index in [0.717, 1.165) is 5.56 Å². The Morgan fingerprint density at radius 2 is 1.44 bits per heavy atom. The third-order valence-corrected chi connectivity index (χ3v) is 4.40. The molecule has 2 amide bonds. The highest BCUT2D eigenvalue weighted by Crippen LogP contribution is 2.10. The van der Waals surface area contributed by atoms with E-state index in [4.69, 9.17) is 0 Å². The maximum Gasteiger partial charge on any atom is 0.253 e. The van der Waals surface area contributed by atoms with E-state index >= 15 is 0 Å². The first-order valence-corrected chi connectivity index (χ1v) is 8.51. The van der Waals surface area contributed by atoms with Crippen molar-refractivity contribution < 1.29 is 9.59 Å². The molecule has 1 saturated heterocycles. The summed E-state index contributed by atoms with van der Waals surface area (Å²) >= 11 is 0. The molecule has 1 aliphatic heterocycles. The van der Waals surface area contributed by atoms with Crippen LogP contribution in [-0.2, 0) is 4.79 Å². The number of amides is 2. The standard InChI is InChI=1S/C21H22N2O2/c1-17-7-9-18(10-8-17)11-12-20(24)22-13-15-23(16-14-22)21(25)19-5-3-2-4-6-19/h2-12H,13-16H2,1H3/b12-11+. The molecule has 0 spiro atoms. The second-order valence-electron chi connectivity index (χ2n) is 6.23. The molecule has 4 nitrogen and oxygen atoms in total. The van der Waals surface area contributed by atoms with Gasteiger partial charge in [0.25, 0.3) is 5.91 Å². The Kier molecular flexibility index (Phi) is 5.29. The maximum absolute atomic E-state index is 12.4. The smallest absolute Gasteiger partial charge is 0.253 e. The zero-order valence-electron chi connectivity index (χ0n) is 14.4. The number of carbonyl (C=O) groups excluding carboxylic acids is 2. The van der Waals surface area contributed by atoms with Crippen LogP contribution in [0.1, 0.15) is 21.5 Å². The highest BCUT2D eigenvalue weighted by molar-refractivity contribution is 5.95. The fraction of sp³-hybridized carbons (Fsp3) is 0.238. The van der Waals surface area contributed by atoms with Crippen LogP contribution in [0.2, 0.25) is 0 Å². The van der Waals surface area contributed by atoms with Crippen molar-refractivity contribution in [3.63, 3.8) is 0 Å². The lowest BCUT2D eigenvalue weighted by Gasteiger charge is -2.34. The summed E-state index contributed by atoms with van der Waals surface area (Å²) in [5, 5.41) is 0. The summed E-state index contributed by atoms with van der Waals surface area (Å²) in [4.78, 5) is 28.3. The van der Waals surface area contributed by atoms with Gasteiger partial charge in [0, 0.05) is 37.8 Å². The SMILES string of the molecule is Cc1ccc(/C=C/C(=O)N2CCN(C(=O)c3ccccc3)CC2)cc1. The van der Waals surface area contributed by atoms with Crippen molar-refractivity contribution in [3.8, 4) is 0 Å². The summed E-state index contributed by atoms with van der Waals surface area (Å²) in [6.45, 7) is 4.30. The van der Waals surface area contributed by atoms with Gasteiger partial charge in [0.15, 0.2) is 0 Å². The Bertz CT molecular complexity index is 758. The number of aryl methyl sites for hydroxylation is 1. The van der Waals surface area contributed by atoms with Crippen molar-refractivity contribution in [2.75, 3.05) is 26.2 Å². The number of rotatable bonds is 3. The van der Waals surface area contributed by atoms with Gasteiger partial charge in [-0.1, -0.05) is 48.0 Å². The van der Waals surface area contributed by atoms with E-state index in [1.54, 1.807) is 11.0 Å². The van der Waals surface area contributed by atoms with Gasteiger partial charge in [0.05, 0.1) is 0 Å².